The van der Waals surface area contributed by atoms with E-state index >= 15 is 0 Å². The van der Waals surface area contributed by atoms with Gasteiger partial charge in [-0.25, -0.2) is 0 Å². The van der Waals surface area contributed by atoms with Crippen LogP contribution in [0.4, 0.5) is 5.69 Å². The number of phenolic OH excluding ortho intramolecular Hbond substituents is 1. The number of benzene rings is 1. The van der Waals surface area contributed by atoms with E-state index in [9.17, 15) is 14.7 Å². The van der Waals surface area contributed by atoms with Crippen molar-refractivity contribution in [3.05, 3.63) is 24.3 Å². The van der Waals surface area contributed by atoms with Gasteiger partial charge in [-0.05, 0) is 38.1 Å². The third-order valence-electron chi connectivity index (χ3n) is 3.71. The summed E-state index contributed by atoms with van der Waals surface area (Å²) in [5, 5.41) is 14.4. The number of hydrogen-bond acceptors (Lipinski definition) is 4. The van der Waals surface area contributed by atoms with E-state index in [1.54, 1.807) is 12.1 Å². The highest BCUT2D eigenvalue weighted by atomic mass is 16.3. The van der Waals surface area contributed by atoms with E-state index in [0.717, 1.165) is 25.9 Å². The number of carbonyl (C=O) groups excluding carboxylic acids is 2. The molecule has 0 unspecified atom stereocenters. The molecule has 1 aliphatic rings. The lowest BCUT2D eigenvalue weighted by atomic mass is 10.2. The van der Waals surface area contributed by atoms with Crippen molar-refractivity contribution in [3.63, 3.8) is 0 Å². The molecule has 1 fully saturated rings. The van der Waals surface area contributed by atoms with Crippen LogP contribution in [0.3, 0.4) is 0 Å². The number of phenols is 1. The van der Waals surface area contributed by atoms with E-state index in [-0.39, 0.29) is 5.75 Å². The number of anilines is 1. The van der Waals surface area contributed by atoms with Crippen LogP contribution in [-0.4, -0.2) is 47.5 Å². The average molecular weight is 291 g/mol. The number of rotatable bonds is 4. The molecule has 6 nitrogen and oxygen atoms in total. The van der Waals surface area contributed by atoms with Gasteiger partial charge in [-0.1, -0.05) is 13.0 Å². The fourth-order valence-electron chi connectivity index (χ4n) is 2.60. The Morgan fingerprint density at radius 2 is 2.19 bits per heavy atom. The zero-order valence-corrected chi connectivity index (χ0v) is 12.1. The Hall–Kier alpha value is -2.08. The second-order valence-electron chi connectivity index (χ2n) is 5.14. The number of likely N-dealkylation sites (N-methyl/N-ethyl adjacent to an activating group) is 1. The molecule has 1 heterocycles. The van der Waals surface area contributed by atoms with Gasteiger partial charge in [0, 0.05) is 24.3 Å². The first kappa shape index (κ1) is 15.3. The van der Waals surface area contributed by atoms with Gasteiger partial charge >= 0.3 is 11.8 Å². The number of aromatic hydroxyl groups is 1. The summed E-state index contributed by atoms with van der Waals surface area (Å²) in [4.78, 5) is 25.8. The monoisotopic (exact) mass is 291 g/mol. The molecule has 0 aromatic heterocycles. The molecule has 1 atom stereocenters. The Labute approximate surface area is 124 Å². The van der Waals surface area contributed by atoms with Crippen LogP contribution < -0.4 is 10.6 Å². The van der Waals surface area contributed by atoms with Gasteiger partial charge in [0.2, 0.25) is 0 Å². The molecule has 6 heteroatoms. The lowest BCUT2D eigenvalue weighted by Gasteiger charge is -2.22. The summed E-state index contributed by atoms with van der Waals surface area (Å²) >= 11 is 0. The molecule has 1 aromatic rings. The van der Waals surface area contributed by atoms with Crippen molar-refractivity contribution in [3.8, 4) is 5.75 Å². The molecular weight excluding hydrogens is 270 g/mol. The Morgan fingerprint density at radius 3 is 2.90 bits per heavy atom. The Bertz CT molecular complexity index is 519. The molecule has 3 N–H and O–H groups in total. The first-order valence-corrected chi connectivity index (χ1v) is 7.22. The Morgan fingerprint density at radius 1 is 1.38 bits per heavy atom. The van der Waals surface area contributed by atoms with Crippen molar-refractivity contribution in [2.45, 2.75) is 25.8 Å². The molecule has 1 aromatic carbocycles. The lowest BCUT2D eigenvalue weighted by Crippen LogP contribution is -2.43. The standard InChI is InChI=1S/C15H21N3O3/c1-2-18-8-4-6-12(18)10-16-14(20)15(21)17-11-5-3-7-13(19)9-11/h3,5,7,9,12,19H,2,4,6,8,10H2,1H3,(H,16,20)(H,17,21)/t12-/m1/s1. The second kappa shape index (κ2) is 7.08. The summed E-state index contributed by atoms with van der Waals surface area (Å²) in [5.41, 5.74) is 0.395. The van der Waals surface area contributed by atoms with Crippen LogP contribution in [0.2, 0.25) is 0 Å². The van der Waals surface area contributed by atoms with Crippen LogP contribution >= 0.6 is 0 Å². The summed E-state index contributed by atoms with van der Waals surface area (Å²) in [5.74, 6) is -1.33. The smallest absolute Gasteiger partial charge is 0.313 e. The van der Waals surface area contributed by atoms with Crippen molar-refractivity contribution in [2.75, 3.05) is 25.0 Å². The molecule has 1 saturated heterocycles. The number of hydrogen-bond donors (Lipinski definition) is 3. The Kier molecular flexibility index (Phi) is 5.16. The number of amides is 2. The highest BCUT2D eigenvalue weighted by molar-refractivity contribution is 6.39. The van der Waals surface area contributed by atoms with Gasteiger partial charge < -0.3 is 15.7 Å². The summed E-state index contributed by atoms with van der Waals surface area (Å²) < 4.78 is 0. The SMILES string of the molecule is CCN1CCC[C@@H]1CNC(=O)C(=O)Nc1cccc(O)c1. The highest BCUT2D eigenvalue weighted by Crippen LogP contribution is 2.16. The summed E-state index contributed by atoms with van der Waals surface area (Å²) in [6.45, 7) is 4.58. The van der Waals surface area contributed by atoms with E-state index in [4.69, 9.17) is 0 Å². The Balaban J connectivity index is 1.81. The molecule has 1 aliphatic heterocycles. The van der Waals surface area contributed by atoms with Crippen LogP contribution in [0, 0.1) is 0 Å². The van der Waals surface area contributed by atoms with Gasteiger partial charge in [-0.2, -0.15) is 0 Å². The molecule has 0 aliphatic carbocycles. The fourth-order valence-corrected chi connectivity index (χ4v) is 2.60. The van der Waals surface area contributed by atoms with E-state index in [0.29, 0.717) is 18.3 Å². The van der Waals surface area contributed by atoms with Crippen LogP contribution in [0.1, 0.15) is 19.8 Å². The van der Waals surface area contributed by atoms with Crippen molar-refractivity contribution in [1.29, 1.82) is 0 Å². The number of nitrogens with zero attached hydrogens (tertiary/aromatic N) is 1. The zero-order chi connectivity index (χ0) is 15.2. The van der Waals surface area contributed by atoms with Gasteiger partial charge in [0.1, 0.15) is 5.75 Å². The maximum absolute atomic E-state index is 11.8. The van der Waals surface area contributed by atoms with Crippen molar-refractivity contribution >= 4 is 17.5 Å². The largest absolute Gasteiger partial charge is 0.508 e. The third kappa shape index (κ3) is 4.19. The summed E-state index contributed by atoms with van der Waals surface area (Å²) in [7, 11) is 0. The molecule has 0 saturated carbocycles. The maximum atomic E-state index is 11.8. The van der Waals surface area contributed by atoms with E-state index in [1.165, 1.54) is 12.1 Å². The normalized spacial score (nSPS) is 18.4. The highest BCUT2D eigenvalue weighted by Gasteiger charge is 2.24. The van der Waals surface area contributed by atoms with Crippen molar-refractivity contribution in [1.82, 2.24) is 10.2 Å². The quantitative estimate of drug-likeness (QED) is 0.721. The van der Waals surface area contributed by atoms with Crippen LogP contribution in [0.5, 0.6) is 5.75 Å². The van der Waals surface area contributed by atoms with Crippen LogP contribution in [-0.2, 0) is 9.59 Å². The lowest BCUT2D eigenvalue weighted by molar-refractivity contribution is -0.136. The van der Waals surface area contributed by atoms with Crippen molar-refractivity contribution < 1.29 is 14.7 Å². The molecule has 2 rings (SSSR count). The minimum atomic E-state index is -0.721. The van der Waals surface area contributed by atoms with Crippen molar-refractivity contribution in [2.24, 2.45) is 0 Å². The maximum Gasteiger partial charge on any atom is 0.313 e. The van der Waals surface area contributed by atoms with Gasteiger partial charge in [-0.15, -0.1) is 0 Å². The second-order valence-corrected chi connectivity index (χ2v) is 5.14. The van der Waals surface area contributed by atoms with Crippen LogP contribution in [0.15, 0.2) is 24.3 Å². The van der Waals surface area contributed by atoms with Gasteiger partial charge in [0.05, 0.1) is 0 Å². The fraction of sp³-hybridized carbons (Fsp3) is 0.467. The number of likely N-dealkylation sites (tertiary alicyclic amines) is 1. The van der Waals surface area contributed by atoms with Gasteiger partial charge in [0.25, 0.3) is 0 Å². The predicted octanol–water partition coefficient (Wildman–Crippen LogP) is 0.931. The molecule has 0 spiro atoms. The van der Waals surface area contributed by atoms with Gasteiger partial charge in [0.15, 0.2) is 0 Å². The number of carbonyl (C=O) groups is 2. The topological polar surface area (TPSA) is 81.7 Å². The minimum absolute atomic E-state index is 0.0396. The van der Waals surface area contributed by atoms with Gasteiger partial charge in [-0.3, -0.25) is 14.5 Å². The van der Waals surface area contributed by atoms with E-state index in [1.807, 2.05) is 0 Å². The first-order chi connectivity index (χ1) is 10.1. The van der Waals surface area contributed by atoms with E-state index in [2.05, 4.69) is 22.5 Å². The molecular formula is C15H21N3O3. The van der Waals surface area contributed by atoms with Crippen LogP contribution in [0.25, 0.3) is 0 Å². The summed E-state index contributed by atoms with van der Waals surface area (Å²) in [6, 6.07) is 6.41. The molecule has 0 bridgehead atoms. The number of nitrogens with one attached hydrogen (secondary N) is 2. The summed E-state index contributed by atoms with van der Waals surface area (Å²) in [6.07, 6.45) is 2.17. The average Bonchev–Trinajstić information content (AvgIpc) is 2.92. The first-order valence-electron chi connectivity index (χ1n) is 7.22. The zero-order valence-electron chi connectivity index (χ0n) is 12.1. The predicted molar refractivity (Wildman–Crippen MR) is 80.0 cm³/mol. The third-order valence-corrected chi connectivity index (χ3v) is 3.71. The molecule has 21 heavy (non-hydrogen) atoms. The molecule has 0 radical (unpaired) electrons. The molecule has 114 valence electrons. The minimum Gasteiger partial charge on any atom is -0.508 e. The van der Waals surface area contributed by atoms with E-state index < -0.39 is 11.8 Å². The molecule has 2 amide bonds.